The summed E-state index contributed by atoms with van der Waals surface area (Å²) in [5.41, 5.74) is 0. The van der Waals surface area contributed by atoms with Crippen molar-refractivity contribution in [3.8, 4) is 0 Å². The van der Waals surface area contributed by atoms with Gasteiger partial charge in [0.2, 0.25) is 0 Å². The van der Waals surface area contributed by atoms with Crippen LogP contribution in [-0.2, 0) is 0 Å². The van der Waals surface area contributed by atoms with Crippen molar-refractivity contribution in [1.29, 1.82) is 0 Å². The van der Waals surface area contributed by atoms with E-state index in [-0.39, 0.29) is 0 Å². The van der Waals surface area contributed by atoms with Crippen LogP contribution in [0.4, 0.5) is 0 Å². The second-order valence-corrected chi connectivity index (χ2v) is 3.95. The molecule has 1 aliphatic heterocycles. The number of nitrogens with one attached hydrogen (secondary N) is 2. The molecular formula is C11H18N2O. The van der Waals surface area contributed by atoms with Gasteiger partial charge in [0.05, 0.1) is 12.3 Å². The maximum atomic E-state index is 5.35. The molecule has 0 aromatic carbocycles. The van der Waals surface area contributed by atoms with E-state index in [0.29, 0.717) is 12.1 Å². The molecule has 0 bridgehead atoms. The number of rotatable bonds is 3. The fraction of sp³-hybridized carbons (Fsp3) is 0.636. The number of hydrogen-bond acceptors (Lipinski definition) is 3. The minimum atomic E-state index is 0.315. The van der Waals surface area contributed by atoms with Crippen molar-refractivity contribution in [3.05, 3.63) is 24.2 Å². The molecule has 0 radical (unpaired) electrons. The van der Waals surface area contributed by atoms with Crippen LogP contribution in [0.3, 0.4) is 0 Å². The average Bonchev–Trinajstić information content (AvgIpc) is 2.72. The van der Waals surface area contributed by atoms with Crippen molar-refractivity contribution < 1.29 is 4.42 Å². The molecule has 1 aliphatic rings. The van der Waals surface area contributed by atoms with Gasteiger partial charge in [-0.3, -0.25) is 0 Å². The Kier molecular flexibility index (Phi) is 3.22. The second kappa shape index (κ2) is 4.62. The Bertz CT molecular complexity index is 252. The first kappa shape index (κ1) is 9.74. The van der Waals surface area contributed by atoms with Gasteiger partial charge in [0.15, 0.2) is 0 Å². The van der Waals surface area contributed by atoms with E-state index in [4.69, 9.17) is 4.42 Å². The molecule has 3 nitrogen and oxygen atoms in total. The van der Waals surface area contributed by atoms with Crippen LogP contribution >= 0.6 is 0 Å². The topological polar surface area (TPSA) is 37.2 Å². The van der Waals surface area contributed by atoms with Crippen molar-refractivity contribution in [2.45, 2.75) is 31.8 Å². The molecule has 1 aromatic rings. The van der Waals surface area contributed by atoms with Gasteiger partial charge in [0, 0.05) is 12.6 Å². The van der Waals surface area contributed by atoms with Gasteiger partial charge in [0.1, 0.15) is 5.76 Å². The van der Waals surface area contributed by atoms with E-state index >= 15 is 0 Å². The molecule has 3 heteroatoms. The maximum Gasteiger partial charge on any atom is 0.120 e. The SMILES string of the molecule is CC(NC1CCCNC1)c1ccco1. The van der Waals surface area contributed by atoms with Crippen LogP contribution in [0.5, 0.6) is 0 Å². The summed E-state index contributed by atoms with van der Waals surface area (Å²) in [5, 5.41) is 6.96. The largest absolute Gasteiger partial charge is 0.468 e. The highest BCUT2D eigenvalue weighted by molar-refractivity contribution is 5.03. The average molecular weight is 194 g/mol. The Morgan fingerprint density at radius 2 is 2.57 bits per heavy atom. The standard InChI is InChI=1S/C11H18N2O/c1-9(11-5-3-7-14-11)13-10-4-2-6-12-8-10/h3,5,7,9-10,12-13H,2,4,6,8H2,1H3. The summed E-state index contributed by atoms with van der Waals surface area (Å²) in [5.74, 6) is 1.02. The van der Waals surface area contributed by atoms with E-state index in [0.717, 1.165) is 18.8 Å². The van der Waals surface area contributed by atoms with Crippen molar-refractivity contribution in [2.75, 3.05) is 13.1 Å². The van der Waals surface area contributed by atoms with Crippen LogP contribution in [0, 0.1) is 0 Å². The minimum Gasteiger partial charge on any atom is -0.468 e. The Labute approximate surface area is 84.9 Å². The zero-order chi connectivity index (χ0) is 9.80. The first-order valence-corrected chi connectivity index (χ1v) is 5.36. The second-order valence-electron chi connectivity index (χ2n) is 3.95. The van der Waals surface area contributed by atoms with Gasteiger partial charge < -0.3 is 15.1 Å². The highest BCUT2D eigenvalue weighted by atomic mass is 16.3. The first-order valence-electron chi connectivity index (χ1n) is 5.36. The lowest BCUT2D eigenvalue weighted by Gasteiger charge is -2.26. The van der Waals surface area contributed by atoms with Crippen LogP contribution in [0.15, 0.2) is 22.8 Å². The molecule has 78 valence electrons. The lowest BCUT2D eigenvalue weighted by atomic mass is 10.1. The van der Waals surface area contributed by atoms with Gasteiger partial charge in [-0.15, -0.1) is 0 Å². The molecule has 1 fully saturated rings. The lowest BCUT2D eigenvalue weighted by Crippen LogP contribution is -2.43. The monoisotopic (exact) mass is 194 g/mol. The Hall–Kier alpha value is -0.800. The first-order chi connectivity index (χ1) is 6.86. The smallest absolute Gasteiger partial charge is 0.120 e. The fourth-order valence-corrected chi connectivity index (χ4v) is 1.97. The third-order valence-corrected chi connectivity index (χ3v) is 2.75. The normalized spacial score (nSPS) is 24.8. The van der Waals surface area contributed by atoms with Gasteiger partial charge in [-0.2, -0.15) is 0 Å². The molecule has 0 saturated carbocycles. The van der Waals surface area contributed by atoms with Gasteiger partial charge in [0.25, 0.3) is 0 Å². The highest BCUT2D eigenvalue weighted by Crippen LogP contribution is 2.14. The van der Waals surface area contributed by atoms with Crippen molar-refractivity contribution in [3.63, 3.8) is 0 Å². The fourth-order valence-electron chi connectivity index (χ4n) is 1.97. The van der Waals surface area contributed by atoms with Gasteiger partial charge in [-0.1, -0.05) is 0 Å². The molecule has 2 rings (SSSR count). The minimum absolute atomic E-state index is 0.315. The molecule has 14 heavy (non-hydrogen) atoms. The molecule has 0 spiro atoms. The van der Waals surface area contributed by atoms with E-state index in [2.05, 4.69) is 17.6 Å². The van der Waals surface area contributed by atoms with Crippen LogP contribution in [0.1, 0.15) is 31.6 Å². The Balaban J connectivity index is 1.84. The molecule has 2 unspecified atom stereocenters. The number of hydrogen-bond donors (Lipinski definition) is 2. The Morgan fingerprint density at radius 1 is 1.64 bits per heavy atom. The van der Waals surface area contributed by atoms with E-state index < -0.39 is 0 Å². The quantitative estimate of drug-likeness (QED) is 0.768. The van der Waals surface area contributed by atoms with E-state index in [9.17, 15) is 0 Å². The molecule has 1 saturated heterocycles. The third kappa shape index (κ3) is 2.36. The van der Waals surface area contributed by atoms with Crippen LogP contribution in [0.2, 0.25) is 0 Å². The predicted molar refractivity (Wildman–Crippen MR) is 56.2 cm³/mol. The highest BCUT2D eigenvalue weighted by Gasteiger charge is 2.16. The summed E-state index contributed by atoms with van der Waals surface area (Å²) in [6, 6.07) is 4.86. The maximum absolute atomic E-state index is 5.35. The lowest BCUT2D eigenvalue weighted by molar-refractivity contribution is 0.335. The number of piperidine rings is 1. The van der Waals surface area contributed by atoms with E-state index in [1.807, 2.05) is 12.1 Å². The third-order valence-electron chi connectivity index (χ3n) is 2.75. The van der Waals surface area contributed by atoms with Gasteiger partial charge in [-0.05, 0) is 38.4 Å². The molecule has 2 heterocycles. The molecule has 0 aliphatic carbocycles. The van der Waals surface area contributed by atoms with Crippen LogP contribution in [-0.4, -0.2) is 19.1 Å². The molecule has 0 amide bonds. The number of furan rings is 1. The van der Waals surface area contributed by atoms with Crippen molar-refractivity contribution >= 4 is 0 Å². The van der Waals surface area contributed by atoms with Crippen molar-refractivity contribution in [1.82, 2.24) is 10.6 Å². The zero-order valence-corrected chi connectivity index (χ0v) is 8.62. The summed E-state index contributed by atoms with van der Waals surface area (Å²) >= 11 is 0. The van der Waals surface area contributed by atoms with Crippen molar-refractivity contribution in [2.24, 2.45) is 0 Å². The summed E-state index contributed by atoms with van der Waals surface area (Å²) in [4.78, 5) is 0. The van der Waals surface area contributed by atoms with Crippen LogP contribution in [0.25, 0.3) is 0 Å². The molecule has 2 atom stereocenters. The summed E-state index contributed by atoms with van der Waals surface area (Å²) in [7, 11) is 0. The van der Waals surface area contributed by atoms with E-state index in [1.54, 1.807) is 6.26 Å². The van der Waals surface area contributed by atoms with Gasteiger partial charge in [-0.25, -0.2) is 0 Å². The Morgan fingerprint density at radius 3 is 3.21 bits per heavy atom. The zero-order valence-electron chi connectivity index (χ0n) is 8.62. The predicted octanol–water partition coefficient (Wildman–Crippen LogP) is 1.68. The molecule has 2 N–H and O–H groups in total. The summed E-state index contributed by atoms with van der Waals surface area (Å²) < 4.78 is 5.35. The van der Waals surface area contributed by atoms with E-state index in [1.165, 1.54) is 12.8 Å². The molecule has 1 aromatic heterocycles. The molecular weight excluding hydrogens is 176 g/mol. The van der Waals surface area contributed by atoms with Crippen LogP contribution < -0.4 is 10.6 Å². The summed E-state index contributed by atoms with van der Waals surface area (Å²) in [6.45, 7) is 4.38. The summed E-state index contributed by atoms with van der Waals surface area (Å²) in [6.07, 6.45) is 4.26. The van der Waals surface area contributed by atoms with Gasteiger partial charge >= 0.3 is 0 Å².